The van der Waals surface area contributed by atoms with Gasteiger partial charge in [0.25, 0.3) is 11.8 Å². The van der Waals surface area contributed by atoms with Crippen LogP contribution in [0.3, 0.4) is 0 Å². The van der Waals surface area contributed by atoms with E-state index in [9.17, 15) is 14.7 Å². The summed E-state index contributed by atoms with van der Waals surface area (Å²) in [4.78, 5) is 27.6. The number of aromatic nitrogens is 2. The third kappa shape index (κ3) is 4.80. The van der Waals surface area contributed by atoms with Gasteiger partial charge in [0.05, 0.1) is 24.4 Å². The van der Waals surface area contributed by atoms with Crippen molar-refractivity contribution in [1.29, 1.82) is 0 Å². The third-order valence-corrected chi connectivity index (χ3v) is 8.04. The van der Waals surface area contributed by atoms with Gasteiger partial charge in [0.2, 0.25) is 0 Å². The highest BCUT2D eigenvalue weighted by atomic mass is 16.3. The summed E-state index contributed by atoms with van der Waals surface area (Å²) >= 11 is 0. The van der Waals surface area contributed by atoms with E-state index in [1.165, 1.54) is 11.3 Å². The van der Waals surface area contributed by atoms with Crippen LogP contribution < -0.4 is 5.32 Å². The van der Waals surface area contributed by atoms with E-state index in [4.69, 9.17) is 0 Å². The number of fused-ring (bicyclic) bond motifs is 2. The monoisotopic (exact) mass is 500 g/mol. The average Bonchev–Trinajstić information content (AvgIpc) is 3.46. The van der Waals surface area contributed by atoms with Gasteiger partial charge in [-0.2, -0.15) is 5.10 Å². The fraction of sp³-hybridized carbons (Fsp3) is 0.433. The van der Waals surface area contributed by atoms with E-state index in [1.54, 1.807) is 12.1 Å². The first-order valence-electron chi connectivity index (χ1n) is 13.2. The van der Waals surface area contributed by atoms with Crippen LogP contribution in [0.4, 0.5) is 0 Å². The van der Waals surface area contributed by atoms with Gasteiger partial charge < -0.3 is 15.3 Å². The topological polar surface area (TPSA) is 98.3 Å². The highest BCUT2D eigenvalue weighted by molar-refractivity contribution is 5.99. The van der Waals surface area contributed by atoms with Gasteiger partial charge in [0, 0.05) is 34.5 Å². The van der Waals surface area contributed by atoms with Crippen molar-refractivity contribution in [2.75, 3.05) is 6.61 Å². The molecule has 0 saturated carbocycles. The van der Waals surface area contributed by atoms with Gasteiger partial charge in [-0.25, -0.2) is 0 Å². The molecule has 1 aliphatic heterocycles. The summed E-state index contributed by atoms with van der Waals surface area (Å²) in [6, 6.07) is 13.0. The maximum Gasteiger partial charge on any atom is 0.255 e. The van der Waals surface area contributed by atoms with Crippen LogP contribution in [0.15, 0.2) is 42.5 Å². The van der Waals surface area contributed by atoms with Crippen molar-refractivity contribution in [2.24, 2.45) is 5.41 Å². The van der Waals surface area contributed by atoms with Crippen molar-refractivity contribution in [2.45, 2.75) is 72.0 Å². The lowest BCUT2D eigenvalue weighted by Gasteiger charge is -2.29. The fourth-order valence-electron chi connectivity index (χ4n) is 5.53. The van der Waals surface area contributed by atoms with Gasteiger partial charge in [-0.1, -0.05) is 39.0 Å². The molecule has 3 aromatic rings. The Morgan fingerprint density at radius 1 is 1.22 bits per heavy atom. The molecular weight excluding hydrogens is 464 g/mol. The first-order valence-corrected chi connectivity index (χ1v) is 13.2. The van der Waals surface area contributed by atoms with Crippen LogP contribution in [0, 0.1) is 5.41 Å². The number of rotatable bonds is 7. The summed E-state index contributed by atoms with van der Waals surface area (Å²) in [5.41, 5.74) is 8.16. The van der Waals surface area contributed by atoms with E-state index >= 15 is 0 Å². The number of nitrogens with one attached hydrogen (secondary N) is 2. The van der Waals surface area contributed by atoms with Crippen LogP contribution in [0.2, 0.25) is 0 Å². The van der Waals surface area contributed by atoms with E-state index in [0.29, 0.717) is 18.5 Å². The largest absolute Gasteiger partial charge is 0.394 e. The van der Waals surface area contributed by atoms with E-state index in [-0.39, 0.29) is 35.9 Å². The van der Waals surface area contributed by atoms with Crippen LogP contribution in [0.1, 0.15) is 89.7 Å². The molecule has 37 heavy (non-hydrogen) atoms. The van der Waals surface area contributed by atoms with Crippen LogP contribution in [-0.4, -0.2) is 44.7 Å². The Labute approximate surface area is 218 Å². The molecule has 194 valence electrons. The van der Waals surface area contributed by atoms with Gasteiger partial charge in [-0.05, 0) is 73.4 Å². The van der Waals surface area contributed by atoms with E-state index in [2.05, 4.69) is 35.4 Å². The highest BCUT2D eigenvalue weighted by Gasteiger charge is 2.33. The lowest BCUT2D eigenvalue weighted by Crippen LogP contribution is -2.36. The van der Waals surface area contributed by atoms with Crippen molar-refractivity contribution >= 4 is 11.8 Å². The smallest absolute Gasteiger partial charge is 0.255 e. The number of H-pyrrole nitrogens is 1. The second-order valence-electron chi connectivity index (χ2n) is 11.2. The number of nitrogens with zero attached hydrogens (tertiary/aromatic N) is 2. The Morgan fingerprint density at radius 2 is 1.97 bits per heavy atom. The number of aliphatic hydroxyl groups excluding tert-OH is 1. The van der Waals surface area contributed by atoms with Crippen LogP contribution in [-0.2, 0) is 19.4 Å². The molecule has 2 amide bonds. The van der Waals surface area contributed by atoms with Crippen molar-refractivity contribution < 1.29 is 14.7 Å². The molecule has 0 unspecified atom stereocenters. The minimum Gasteiger partial charge on any atom is -0.394 e. The zero-order valence-electron chi connectivity index (χ0n) is 22.1. The predicted molar refractivity (Wildman–Crippen MR) is 143 cm³/mol. The van der Waals surface area contributed by atoms with Crippen molar-refractivity contribution in [1.82, 2.24) is 20.4 Å². The zero-order valence-corrected chi connectivity index (χ0v) is 22.1. The van der Waals surface area contributed by atoms with Crippen LogP contribution >= 0.6 is 0 Å². The molecule has 1 aliphatic carbocycles. The minimum atomic E-state index is -0.254. The molecule has 2 aliphatic rings. The Balaban J connectivity index is 1.32. The Kier molecular flexibility index (Phi) is 6.67. The third-order valence-electron chi connectivity index (χ3n) is 8.04. The Morgan fingerprint density at radius 3 is 2.68 bits per heavy atom. The molecule has 2 heterocycles. The number of hydrogen-bond acceptors (Lipinski definition) is 4. The van der Waals surface area contributed by atoms with Crippen molar-refractivity contribution in [3.8, 4) is 11.3 Å². The second-order valence-corrected chi connectivity index (χ2v) is 11.2. The molecule has 0 bridgehead atoms. The standard InChI is InChI=1S/C30H36N4O3/c1-5-23(17-35)31-28(36)20-8-6-19(7-9-20)18(2)34-16-22-14-21(10-11-24(22)29(34)37)27-25-12-13-30(3,4)15-26(25)32-33-27/h6-11,14,18,23,35H,5,12-13,15-17H2,1-4H3,(H,31,36)(H,32,33)/t18-,23-/m1/s1. The average molecular weight is 501 g/mol. The van der Waals surface area contributed by atoms with Crippen LogP contribution in [0.5, 0.6) is 0 Å². The lowest BCUT2D eigenvalue weighted by atomic mass is 9.76. The zero-order chi connectivity index (χ0) is 26.3. The van der Waals surface area contributed by atoms with Gasteiger partial charge in [-0.15, -0.1) is 0 Å². The maximum atomic E-state index is 13.3. The summed E-state index contributed by atoms with van der Waals surface area (Å²) < 4.78 is 0. The van der Waals surface area contributed by atoms with Gasteiger partial charge in [-0.3, -0.25) is 14.7 Å². The second kappa shape index (κ2) is 9.78. The highest BCUT2D eigenvalue weighted by Crippen LogP contribution is 2.39. The van der Waals surface area contributed by atoms with Crippen molar-refractivity contribution in [3.05, 3.63) is 76.0 Å². The number of hydrogen-bond donors (Lipinski definition) is 3. The molecule has 0 saturated heterocycles. The van der Waals surface area contributed by atoms with Crippen LogP contribution in [0.25, 0.3) is 11.3 Å². The summed E-state index contributed by atoms with van der Waals surface area (Å²) in [5, 5.41) is 20.1. The molecule has 7 heteroatoms. The Hall–Kier alpha value is -3.45. The Bertz CT molecular complexity index is 1320. The number of amides is 2. The van der Waals surface area contributed by atoms with E-state index in [1.807, 2.05) is 43.0 Å². The molecule has 1 aromatic heterocycles. The minimum absolute atomic E-state index is 0.0235. The quantitative estimate of drug-likeness (QED) is 0.434. The molecule has 5 rings (SSSR count). The number of carbonyl (C=O) groups is 2. The molecule has 2 aromatic carbocycles. The van der Waals surface area contributed by atoms with Crippen molar-refractivity contribution in [3.63, 3.8) is 0 Å². The number of aromatic amines is 1. The SMILES string of the molecule is CC[C@H](CO)NC(=O)c1ccc([C@@H](C)N2Cc3cc(-c4n[nH]c5c4CCC(C)(C)C5)ccc3C2=O)cc1. The summed E-state index contributed by atoms with van der Waals surface area (Å²) in [6.07, 6.45) is 3.82. The van der Waals surface area contributed by atoms with E-state index < -0.39 is 0 Å². The molecule has 0 fully saturated rings. The normalized spacial score (nSPS) is 17.8. The van der Waals surface area contributed by atoms with Gasteiger partial charge in [0.1, 0.15) is 0 Å². The number of aliphatic hydroxyl groups is 1. The first-order chi connectivity index (χ1) is 17.7. The summed E-state index contributed by atoms with van der Waals surface area (Å²) in [7, 11) is 0. The van der Waals surface area contributed by atoms with Gasteiger partial charge >= 0.3 is 0 Å². The molecule has 0 radical (unpaired) electrons. The fourth-order valence-corrected chi connectivity index (χ4v) is 5.53. The molecule has 2 atom stereocenters. The molecule has 0 spiro atoms. The number of carbonyl (C=O) groups excluding carboxylic acids is 2. The van der Waals surface area contributed by atoms with Gasteiger partial charge in [0.15, 0.2) is 0 Å². The lowest BCUT2D eigenvalue weighted by molar-refractivity contribution is 0.0715. The predicted octanol–water partition coefficient (Wildman–Crippen LogP) is 4.81. The molecular formula is C30H36N4O3. The maximum absolute atomic E-state index is 13.3. The first kappa shape index (κ1) is 25.2. The summed E-state index contributed by atoms with van der Waals surface area (Å²) in [5.74, 6) is -0.184. The summed E-state index contributed by atoms with van der Waals surface area (Å²) in [6.45, 7) is 8.99. The van der Waals surface area contributed by atoms with E-state index in [0.717, 1.165) is 47.2 Å². The molecule has 3 N–H and O–H groups in total. The molecule has 7 nitrogen and oxygen atoms in total. The number of benzene rings is 2.